The molecule has 3 aromatic carbocycles. The van der Waals surface area contributed by atoms with Gasteiger partial charge in [-0.25, -0.2) is 0 Å². The fraction of sp³-hybridized carbons (Fsp3) is 0.240. The van der Waals surface area contributed by atoms with Gasteiger partial charge in [0.15, 0.2) is 11.5 Å². The van der Waals surface area contributed by atoms with Gasteiger partial charge in [0, 0.05) is 11.3 Å². The second-order valence-corrected chi connectivity index (χ2v) is 7.15. The molecule has 3 aromatic rings. The Morgan fingerprint density at radius 3 is 2.48 bits per heavy atom. The first kappa shape index (κ1) is 19.1. The van der Waals surface area contributed by atoms with Crippen molar-refractivity contribution in [3.8, 4) is 17.2 Å². The molecule has 4 nitrogen and oxygen atoms in total. The molecule has 0 atom stereocenters. The first-order valence-electron chi connectivity index (χ1n) is 10.2. The van der Waals surface area contributed by atoms with Crippen molar-refractivity contribution in [2.24, 2.45) is 0 Å². The van der Waals surface area contributed by atoms with Crippen molar-refractivity contribution >= 4 is 23.3 Å². The van der Waals surface area contributed by atoms with Crippen LogP contribution >= 0.6 is 0 Å². The maximum Gasteiger partial charge on any atom is 0.152 e. The number of hydrogen-bond donors (Lipinski definition) is 0. The Morgan fingerprint density at radius 1 is 0.897 bits per heavy atom. The molecule has 0 saturated carbocycles. The van der Waals surface area contributed by atoms with Gasteiger partial charge < -0.3 is 14.4 Å². The summed E-state index contributed by atoms with van der Waals surface area (Å²) in [7, 11) is 0. The van der Waals surface area contributed by atoms with Crippen LogP contribution in [0.4, 0.5) is 17.1 Å². The van der Waals surface area contributed by atoms with Crippen LogP contribution in [0.5, 0.6) is 17.2 Å². The van der Waals surface area contributed by atoms with Gasteiger partial charge in [0.1, 0.15) is 12.0 Å². The largest absolute Gasteiger partial charge is 0.494 e. The molecule has 0 amide bonds. The van der Waals surface area contributed by atoms with E-state index >= 15 is 0 Å². The molecule has 1 aliphatic rings. The summed E-state index contributed by atoms with van der Waals surface area (Å²) in [5.74, 6) is 2.31. The predicted octanol–water partition coefficient (Wildman–Crippen LogP) is 7.03. The zero-order chi connectivity index (χ0) is 20.1. The van der Waals surface area contributed by atoms with Gasteiger partial charge in [-0.1, -0.05) is 38.3 Å². The molecule has 4 rings (SSSR count). The average Bonchev–Trinajstić information content (AvgIpc) is 2.77. The molecule has 4 heteroatoms. The van der Waals surface area contributed by atoms with Crippen molar-refractivity contribution in [3.63, 3.8) is 0 Å². The zero-order valence-corrected chi connectivity index (χ0v) is 16.6. The lowest BCUT2D eigenvalue weighted by molar-refractivity contribution is 0.112. The number of ether oxygens (including phenoxy) is 2. The third-order valence-corrected chi connectivity index (χ3v) is 5.05. The van der Waals surface area contributed by atoms with Crippen LogP contribution in [0, 0.1) is 0 Å². The van der Waals surface area contributed by atoms with E-state index in [0.29, 0.717) is 11.3 Å². The second-order valence-electron chi connectivity index (χ2n) is 7.15. The third-order valence-electron chi connectivity index (χ3n) is 5.05. The summed E-state index contributed by atoms with van der Waals surface area (Å²) in [4.78, 5) is 13.3. The van der Waals surface area contributed by atoms with Crippen LogP contribution in [0.25, 0.3) is 0 Å². The van der Waals surface area contributed by atoms with Crippen molar-refractivity contribution in [3.05, 3.63) is 72.3 Å². The molecule has 148 valence electrons. The number of anilines is 3. The van der Waals surface area contributed by atoms with E-state index in [0.717, 1.165) is 47.9 Å². The van der Waals surface area contributed by atoms with Crippen LogP contribution in [0.1, 0.15) is 43.0 Å². The Morgan fingerprint density at radius 2 is 1.69 bits per heavy atom. The highest BCUT2D eigenvalue weighted by molar-refractivity contribution is 5.88. The Bertz CT molecular complexity index is 982. The molecular weight excluding hydrogens is 362 g/mol. The van der Waals surface area contributed by atoms with Gasteiger partial charge in [0.05, 0.1) is 18.0 Å². The van der Waals surface area contributed by atoms with Crippen molar-refractivity contribution in [1.29, 1.82) is 0 Å². The minimum atomic E-state index is 0.593. The van der Waals surface area contributed by atoms with Crippen LogP contribution < -0.4 is 14.4 Å². The van der Waals surface area contributed by atoms with E-state index in [9.17, 15) is 4.79 Å². The summed E-state index contributed by atoms with van der Waals surface area (Å²) in [6.07, 6.45) is 5.61. The molecule has 0 spiro atoms. The fourth-order valence-electron chi connectivity index (χ4n) is 3.54. The number of benzene rings is 3. The first-order valence-corrected chi connectivity index (χ1v) is 10.2. The smallest absolute Gasteiger partial charge is 0.152 e. The van der Waals surface area contributed by atoms with Crippen molar-refractivity contribution in [2.75, 3.05) is 11.5 Å². The lowest BCUT2D eigenvalue weighted by Gasteiger charge is -2.33. The molecule has 0 N–H and O–H groups in total. The number of aldehydes is 1. The predicted molar refractivity (Wildman–Crippen MR) is 116 cm³/mol. The molecular formula is C25H25NO3. The number of hydrogen-bond acceptors (Lipinski definition) is 4. The van der Waals surface area contributed by atoms with E-state index in [1.165, 1.54) is 19.3 Å². The molecule has 0 saturated heterocycles. The fourth-order valence-corrected chi connectivity index (χ4v) is 3.54. The van der Waals surface area contributed by atoms with E-state index in [1.54, 1.807) is 6.07 Å². The minimum absolute atomic E-state index is 0.593. The maximum absolute atomic E-state index is 11.2. The highest BCUT2D eigenvalue weighted by Gasteiger charge is 2.25. The Kier molecular flexibility index (Phi) is 5.80. The summed E-state index contributed by atoms with van der Waals surface area (Å²) in [5, 5.41) is 0. The van der Waals surface area contributed by atoms with Crippen LogP contribution in [-0.2, 0) is 0 Å². The second kappa shape index (κ2) is 8.82. The Hall–Kier alpha value is -3.27. The van der Waals surface area contributed by atoms with Crippen molar-refractivity contribution in [1.82, 2.24) is 0 Å². The maximum atomic E-state index is 11.2. The lowest BCUT2D eigenvalue weighted by Crippen LogP contribution is -2.15. The molecule has 29 heavy (non-hydrogen) atoms. The SMILES string of the molecule is CCCCCCOc1ccc(N2c3ccccc3Oc3cc(C=O)ccc32)cc1. The third kappa shape index (κ3) is 4.11. The van der Waals surface area contributed by atoms with E-state index < -0.39 is 0 Å². The van der Waals surface area contributed by atoms with Crippen molar-refractivity contribution in [2.45, 2.75) is 32.6 Å². The molecule has 1 aliphatic heterocycles. The number of unbranched alkanes of at least 4 members (excludes halogenated alkanes) is 3. The van der Waals surface area contributed by atoms with Gasteiger partial charge >= 0.3 is 0 Å². The summed E-state index contributed by atoms with van der Waals surface area (Å²) >= 11 is 0. The van der Waals surface area contributed by atoms with E-state index in [-0.39, 0.29) is 0 Å². The summed E-state index contributed by atoms with van der Waals surface area (Å²) in [6, 6.07) is 21.5. The number of nitrogens with zero attached hydrogens (tertiary/aromatic N) is 1. The van der Waals surface area contributed by atoms with Gasteiger partial charge in [0.2, 0.25) is 0 Å². The standard InChI is InChI=1S/C25H25NO3/c1-2-3-4-7-16-28-21-13-11-20(12-14-21)26-22-8-5-6-9-24(22)29-25-17-19(18-27)10-15-23(25)26/h5-6,8-15,17-18H,2-4,7,16H2,1H3. The number of fused-ring (bicyclic) bond motifs is 2. The Balaban J connectivity index is 1.60. The zero-order valence-electron chi connectivity index (χ0n) is 16.6. The van der Waals surface area contributed by atoms with Gasteiger partial charge in [0.25, 0.3) is 0 Å². The topological polar surface area (TPSA) is 38.8 Å². The summed E-state index contributed by atoms with van der Waals surface area (Å²) in [6.45, 7) is 2.96. The minimum Gasteiger partial charge on any atom is -0.494 e. The van der Waals surface area contributed by atoms with Gasteiger partial charge in [-0.2, -0.15) is 0 Å². The number of carbonyl (C=O) groups excluding carboxylic acids is 1. The number of carbonyl (C=O) groups is 1. The van der Waals surface area contributed by atoms with Crippen molar-refractivity contribution < 1.29 is 14.3 Å². The molecule has 1 heterocycles. The molecule has 0 unspecified atom stereocenters. The van der Waals surface area contributed by atoms with E-state index in [1.807, 2.05) is 48.5 Å². The highest BCUT2D eigenvalue weighted by Crippen LogP contribution is 2.50. The van der Waals surface area contributed by atoms with Crippen LogP contribution in [0.3, 0.4) is 0 Å². The summed E-state index contributed by atoms with van der Waals surface area (Å²) in [5.41, 5.74) is 3.48. The molecule has 0 aliphatic carbocycles. The highest BCUT2D eigenvalue weighted by atomic mass is 16.5. The molecule has 0 aromatic heterocycles. The van der Waals surface area contributed by atoms with Crippen LogP contribution in [-0.4, -0.2) is 12.9 Å². The van der Waals surface area contributed by atoms with Crippen LogP contribution in [0.2, 0.25) is 0 Å². The normalized spacial score (nSPS) is 12.0. The number of para-hydroxylation sites is 2. The van der Waals surface area contributed by atoms with Gasteiger partial charge in [-0.15, -0.1) is 0 Å². The average molecular weight is 387 g/mol. The first-order chi connectivity index (χ1) is 14.3. The lowest BCUT2D eigenvalue weighted by atomic mass is 10.1. The van der Waals surface area contributed by atoms with E-state index in [2.05, 4.69) is 24.0 Å². The molecule has 0 radical (unpaired) electrons. The quantitative estimate of drug-likeness (QED) is 0.240. The monoisotopic (exact) mass is 387 g/mol. The van der Waals surface area contributed by atoms with Crippen LogP contribution in [0.15, 0.2) is 66.7 Å². The van der Waals surface area contributed by atoms with Gasteiger partial charge in [-0.05, 0) is 61.0 Å². The Labute approximate surface area is 171 Å². The van der Waals surface area contributed by atoms with E-state index in [4.69, 9.17) is 9.47 Å². The number of rotatable bonds is 8. The molecule has 0 bridgehead atoms. The van der Waals surface area contributed by atoms with Gasteiger partial charge in [-0.3, -0.25) is 4.79 Å². The molecule has 0 fully saturated rings. The summed E-state index contributed by atoms with van der Waals surface area (Å²) < 4.78 is 11.9.